The number of nitrogen functional groups attached to an aromatic ring is 1. The van der Waals surface area contributed by atoms with E-state index < -0.39 is 0 Å². The molecule has 0 fully saturated rings. The van der Waals surface area contributed by atoms with Gasteiger partial charge in [0.15, 0.2) is 5.96 Å². The molecular weight excluding hydrogens is 350 g/mol. The normalized spacial score (nSPS) is 11.5. The third-order valence-electron chi connectivity index (χ3n) is 4.93. The molecule has 0 saturated heterocycles. The number of benzene rings is 1. The van der Waals surface area contributed by atoms with Crippen molar-refractivity contribution in [1.82, 2.24) is 20.4 Å². The van der Waals surface area contributed by atoms with Crippen LogP contribution < -0.4 is 16.4 Å². The van der Waals surface area contributed by atoms with Crippen molar-refractivity contribution in [2.45, 2.75) is 39.5 Å². The first-order chi connectivity index (χ1) is 13.6. The number of aliphatic imine (C=N–C) groups is 1. The highest BCUT2D eigenvalue weighted by molar-refractivity contribution is 5.79. The van der Waals surface area contributed by atoms with Gasteiger partial charge in [-0.15, -0.1) is 0 Å². The average Bonchev–Trinajstić information content (AvgIpc) is 3.06. The molecule has 0 bridgehead atoms. The monoisotopic (exact) mass is 381 g/mol. The van der Waals surface area contributed by atoms with E-state index in [1.54, 1.807) is 11.7 Å². The van der Waals surface area contributed by atoms with Crippen molar-refractivity contribution >= 4 is 11.8 Å². The summed E-state index contributed by atoms with van der Waals surface area (Å²) < 4.78 is 1.64. The van der Waals surface area contributed by atoms with Crippen LogP contribution in [-0.4, -0.2) is 35.9 Å². The molecule has 0 atom stereocenters. The van der Waals surface area contributed by atoms with Crippen molar-refractivity contribution in [2.24, 2.45) is 10.9 Å². The molecule has 0 radical (unpaired) electrons. The molecule has 7 nitrogen and oxygen atoms in total. The number of rotatable bonds is 9. The maximum absolute atomic E-state index is 9.48. The van der Waals surface area contributed by atoms with E-state index in [-0.39, 0.29) is 0 Å². The Balaban J connectivity index is 1.92. The number of nitrogens with one attached hydrogen (secondary N) is 2. The first-order valence-electron chi connectivity index (χ1n) is 9.91. The summed E-state index contributed by atoms with van der Waals surface area (Å²) in [6.07, 6.45) is 3.81. The number of anilines is 1. The number of nitrogens with zero attached hydrogens (tertiary/aromatic N) is 4. The third-order valence-corrected chi connectivity index (χ3v) is 4.93. The Morgan fingerprint density at radius 3 is 2.57 bits per heavy atom. The Bertz CT molecular complexity index is 798. The summed E-state index contributed by atoms with van der Waals surface area (Å²) in [6, 6.07) is 11.8. The predicted molar refractivity (Wildman–Crippen MR) is 114 cm³/mol. The Hall–Kier alpha value is -3.01. The number of hydrogen-bond donors (Lipinski definition) is 3. The molecule has 4 N–H and O–H groups in total. The smallest absolute Gasteiger partial charge is 0.190 e. The van der Waals surface area contributed by atoms with Gasteiger partial charge in [-0.1, -0.05) is 44.9 Å². The topological polar surface area (TPSA) is 104 Å². The highest BCUT2D eigenvalue weighted by Crippen LogP contribution is 2.21. The summed E-state index contributed by atoms with van der Waals surface area (Å²) in [4.78, 5) is 4.27. The van der Waals surface area contributed by atoms with Gasteiger partial charge in [0.2, 0.25) is 0 Å². The Morgan fingerprint density at radius 1 is 1.25 bits per heavy atom. The summed E-state index contributed by atoms with van der Waals surface area (Å²) in [7, 11) is 1.78. The van der Waals surface area contributed by atoms with Crippen LogP contribution in [0.4, 0.5) is 5.82 Å². The van der Waals surface area contributed by atoms with E-state index in [4.69, 9.17) is 5.73 Å². The van der Waals surface area contributed by atoms with Crippen LogP contribution in [0.25, 0.3) is 5.69 Å². The zero-order valence-corrected chi connectivity index (χ0v) is 17.1. The van der Waals surface area contributed by atoms with Crippen molar-refractivity contribution in [1.29, 1.82) is 5.26 Å². The van der Waals surface area contributed by atoms with Gasteiger partial charge < -0.3 is 16.4 Å². The molecule has 0 amide bonds. The minimum atomic E-state index is 0.388. The molecule has 1 aromatic carbocycles. The van der Waals surface area contributed by atoms with E-state index in [1.807, 2.05) is 30.3 Å². The molecule has 7 heteroatoms. The second-order valence-electron chi connectivity index (χ2n) is 6.73. The summed E-state index contributed by atoms with van der Waals surface area (Å²) in [5, 5.41) is 20.7. The first kappa shape index (κ1) is 21.3. The van der Waals surface area contributed by atoms with Gasteiger partial charge in [0.05, 0.1) is 11.4 Å². The number of aromatic nitrogens is 2. The van der Waals surface area contributed by atoms with Crippen LogP contribution in [-0.2, 0) is 6.42 Å². The molecule has 1 aromatic heterocycles. The fourth-order valence-corrected chi connectivity index (χ4v) is 3.04. The maximum Gasteiger partial charge on any atom is 0.190 e. The van der Waals surface area contributed by atoms with E-state index in [9.17, 15) is 5.26 Å². The summed E-state index contributed by atoms with van der Waals surface area (Å²) in [5.41, 5.74) is 8.19. The van der Waals surface area contributed by atoms with Crippen molar-refractivity contribution in [3.05, 3.63) is 41.6 Å². The molecule has 28 heavy (non-hydrogen) atoms. The highest BCUT2D eigenvalue weighted by Gasteiger charge is 2.16. The number of nitriles is 1. The SMILES string of the molecule is CCC(CC)CNC(=NC)NCCCc1nn(-c2ccccc2)c(N)c1C#N. The van der Waals surface area contributed by atoms with Gasteiger partial charge in [0.1, 0.15) is 17.5 Å². The summed E-state index contributed by atoms with van der Waals surface area (Å²) >= 11 is 0. The van der Waals surface area contributed by atoms with Crippen LogP contribution in [0.5, 0.6) is 0 Å². The summed E-state index contributed by atoms with van der Waals surface area (Å²) in [6.45, 7) is 6.08. The van der Waals surface area contributed by atoms with E-state index >= 15 is 0 Å². The molecule has 0 aliphatic heterocycles. The van der Waals surface area contributed by atoms with Crippen molar-refractivity contribution in [2.75, 3.05) is 25.9 Å². The lowest BCUT2D eigenvalue weighted by atomic mass is 10.0. The van der Waals surface area contributed by atoms with Crippen LogP contribution in [0.3, 0.4) is 0 Å². The van der Waals surface area contributed by atoms with Gasteiger partial charge in [-0.25, -0.2) is 4.68 Å². The third kappa shape index (κ3) is 5.49. The number of nitrogens with two attached hydrogens (primary N) is 1. The van der Waals surface area contributed by atoms with Crippen molar-refractivity contribution in [3.8, 4) is 11.8 Å². The fraction of sp³-hybridized carbons (Fsp3) is 0.476. The van der Waals surface area contributed by atoms with Gasteiger partial charge in [0, 0.05) is 20.1 Å². The van der Waals surface area contributed by atoms with E-state index in [2.05, 4.69) is 40.6 Å². The molecule has 0 aliphatic carbocycles. The lowest BCUT2D eigenvalue weighted by Gasteiger charge is -2.16. The van der Waals surface area contributed by atoms with Gasteiger partial charge in [-0.05, 0) is 30.9 Å². The molecule has 2 rings (SSSR count). The second kappa shape index (κ2) is 11.0. The molecule has 1 heterocycles. The van der Waals surface area contributed by atoms with Crippen LogP contribution in [0.2, 0.25) is 0 Å². The quantitative estimate of drug-likeness (QED) is 0.352. The van der Waals surface area contributed by atoms with Crippen molar-refractivity contribution in [3.63, 3.8) is 0 Å². The minimum absolute atomic E-state index is 0.388. The number of hydrogen-bond acceptors (Lipinski definition) is 4. The second-order valence-corrected chi connectivity index (χ2v) is 6.73. The van der Waals surface area contributed by atoms with Gasteiger partial charge in [-0.3, -0.25) is 4.99 Å². The summed E-state index contributed by atoms with van der Waals surface area (Å²) in [5.74, 6) is 1.85. The molecule has 2 aromatic rings. The van der Waals surface area contributed by atoms with Gasteiger partial charge in [-0.2, -0.15) is 10.4 Å². The maximum atomic E-state index is 9.48. The lowest BCUT2D eigenvalue weighted by Crippen LogP contribution is -2.40. The van der Waals surface area contributed by atoms with E-state index in [0.29, 0.717) is 23.7 Å². The van der Waals surface area contributed by atoms with Gasteiger partial charge >= 0.3 is 0 Å². The fourth-order valence-electron chi connectivity index (χ4n) is 3.04. The Morgan fingerprint density at radius 2 is 1.96 bits per heavy atom. The molecule has 0 unspecified atom stereocenters. The molecule has 0 aliphatic rings. The molecule has 0 saturated carbocycles. The Kier molecular flexibility index (Phi) is 8.35. The Labute approximate surface area is 167 Å². The average molecular weight is 382 g/mol. The van der Waals surface area contributed by atoms with Crippen LogP contribution in [0.15, 0.2) is 35.3 Å². The van der Waals surface area contributed by atoms with Gasteiger partial charge in [0.25, 0.3) is 0 Å². The zero-order valence-electron chi connectivity index (χ0n) is 17.1. The largest absolute Gasteiger partial charge is 0.382 e. The van der Waals surface area contributed by atoms with Crippen LogP contribution in [0, 0.1) is 17.2 Å². The molecule has 150 valence electrons. The lowest BCUT2D eigenvalue weighted by molar-refractivity contribution is 0.481. The van der Waals surface area contributed by atoms with Crippen molar-refractivity contribution < 1.29 is 0 Å². The van der Waals surface area contributed by atoms with E-state index in [0.717, 1.165) is 49.7 Å². The predicted octanol–water partition coefficient (Wildman–Crippen LogP) is 2.86. The van der Waals surface area contributed by atoms with E-state index in [1.165, 1.54) is 0 Å². The standard InChI is InChI=1S/C21H31N7/c1-4-16(5-2)15-26-21(24-3)25-13-9-12-19-18(14-22)20(23)28(27-19)17-10-7-6-8-11-17/h6-8,10-11,16H,4-5,9,12-13,15,23H2,1-3H3,(H2,24,25,26). The first-order valence-corrected chi connectivity index (χ1v) is 9.91. The molecular formula is C21H31N7. The zero-order chi connectivity index (χ0) is 20.4. The number of para-hydroxylation sites is 1. The number of aryl methyl sites for hydroxylation is 1. The van der Waals surface area contributed by atoms with Crippen LogP contribution >= 0.6 is 0 Å². The molecule has 0 spiro atoms. The minimum Gasteiger partial charge on any atom is -0.382 e. The van der Waals surface area contributed by atoms with Crippen LogP contribution in [0.1, 0.15) is 44.4 Å². The highest BCUT2D eigenvalue weighted by atomic mass is 15.3. The number of guanidine groups is 1.